The van der Waals surface area contributed by atoms with Crippen LogP contribution < -0.4 is 0 Å². The molecule has 1 atom stereocenters. The molecule has 0 aromatic rings. The lowest BCUT2D eigenvalue weighted by molar-refractivity contribution is -0.200. The first-order valence-electron chi connectivity index (χ1n) is 4.34. The van der Waals surface area contributed by atoms with Gasteiger partial charge >= 0.3 is 0 Å². The lowest BCUT2D eigenvalue weighted by atomic mass is 9.98. The predicted octanol–water partition coefficient (Wildman–Crippen LogP) is 0.475. The summed E-state index contributed by atoms with van der Waals surface area (Å²) in [4.78, 5) is 0. The molecule has 1 unspecified atom stereocenters. The van der Waals surface area contributed by atoms with Gasteiger partial charge in [-0.3, -0.25) is 0 Å². The zero-order chi connectivity index (χ0) is 8.44. The number of ether oxygens (including phenoxy) is 2. The number of rotatable bonds is 1. The van der Waals surface area contributed by atoms with E-state index in [1.54, 1.807) is 0 Å². The molecule has 0 radical (unpaired) electrons. The van der Waals surface area contributed by atoms with Crippen LogP contribution in [0, 0.1) is 5.92 Å². The van der Waals surface area contributed by atoms with Crippen LogP contribution in [0.1, 0.15) is 6.42 Å². The van der Waals surface area contributed by atoms with E-state index in [1.807, 2.05) is 11.8 Å². The maximum Gasteiger partial charge on any atom is 0.175 e. The van der Waals surface area contributed by atoms with Crippen LogP contribution >= 0.6 is 11.8 Å². The van der Waals surface area contributed by atoms with Gasteiger partial charge in [0.05, 0.1) is 19.8 Å². The Hall–Kier alpha value is 0.230. The van der Waals surface area contributed by atoms with Crippen LogP contribution in [-0.2, 0) is 9.47 Å². The zero-order valence-electron chi connectivity index (χ0n) is 6.99. The number of hydrogen-bond donors (Lipinski definition) is 1. The second-order valence-corrected chi connectivity index (χ2v) is 4.36. The van der Waals surface area contributed by atoms with Gasteiger partial charge in [-0.15, -0.1) is 0 Å². The van der Waals surface area contributed by atoms with Crippen LogP contribution in [-0.4, -0.2) is 42.2 Å². The predicted molar refractivity (Wildman–Crippen MR) is 47.2 cm³/mol. The summed E-state index contributed by atoms with van der Waals surface area (Å²) in [6.45, 7) is 1.54. The summed E-state index contributed by atoms with van der Waals surface area (Å²) < 4.78 is 11.2. The fraction of sp³-hybridized carbons (Fsp3) is 1.00. The van der Waals surface area contributed by atoms with Gasteiger partial charge in [0.25, 0.3) is 0 Å². The molecule has 1 N–H and O–H groups in total. The van der Waals surface area contributed by atoms with Crippen LogP contribution in [0.15, 0.2) is 0 Å². The Morgan fingerprint density at radius 1 is 1.42 bits per heavy atom. The van der Waals surface area contributed by atoms with E-state index in [1.165, 1.54) is 0 Å². The number of thioether (sulfide) groups is 1. The van der Waals surface area contributed by atoms with Crippen LogP contribution in [0.25, 0.3) is 0 Å². The topological polar surface area (TPSA) is 38.7 Å². The Balaban J connectivity index is 2.07. The molecule has 0 aromatic heterocycles. The van der Waals surface area contributed by atoms with Gasteiger partial charge in [-0.05, 0) is 5.75 Å². The minimum Gasteiger partial charge on any atom is -0.396 e. The molecule has 0 saturated carbocycles. The standard InChI is InChI=1S/C8H14O3S/c9-5-7-6-12-4-1-8(7)10-2-3-11-8/h7,9H,1-6H2. The van der Waals surface area contributed by atoms with Crippen molar-refractivity contribution in [1.82, 2.24) is 0 Å². The van der Waals surface area contributed by atoms with Crippen molar-refractivity contribution in [3.8, 4) is 0 Å². The van der Waals surface area contributed by atoms with Gasteiger partial charge in [0.2, 0.25) is 0 Å². The molecule has 1 spiro atoms. The van der Waals surface area contributed by atoms with Crippen molar-refractivity contribution in [2.75, 3.05) is 31.3 Å². The Morgan fingerprint density at radius 2 is 2.17 bits per heavy atom. The average molecular weight is 190 g/mol. The molecule has 12 heavy (non-hydrogen) atoms. The molecule has 0 amide bonds. The van der Waals surface area contributed by atoms with Gasteiger partial charge in [0, 0.05) is 18.1 Å². The maximum atomic E-state index is 9.14. The highest BCUT2D eigenvalue weighted by molar-refractivity contribution is 7.99. The molecule has 0 bridgehead atoms. The van der Waals surface area contributed by atoms with Crippen molar-refractivity contribution in [3.05, 3.63) is 0 Å². The van der Waals surface area contributed by atoms with Crippen LogP contribution in [0.2, 0.25) is 0 Å². The highest BCUT2D eigenvalue weighted by Gasteiger charge is 2.45. The first-order valence-corrected chi connectivity index (χ1v) is 5.49. The molecule has 0 aliphatic carbocycles. The van der Waals surface area contributed by atoms with Crippen LogP contribution in [0.4, 0.5) is 0 Å². The molecular weight excluding hydrogens is 176 g/mol. The van der Waals surface area contributed by atoms with Crippen molar-refractivity contribution >= 4 is 11.8 Å². The van der Waals surface area contributed by atoms with Gasteiger partial charge in [-0.2, -0.15) is 11.8 Å². The van der Waals surface area contributed by atoms with Crippen molar-refractivity contribution in [2.24, 2.45) is 5.92 Å². The summed E-state index contributed by atoms with van der Waals surface area (Å²) in [6, 6.07) is 0. The normalized spacial score (nSPS) is 34.2. The third kappa shape index (κ3) is 1.37. The minimum absolute atomic E-state index is 0.166. The molecular formula is C8H14O3S. The molecule has 3 nitrogen and oxygen atoms in total. The van der Waals surface area contributed by atoms with E-state index >= 15 is 0 Å². The first kappa shape index (κ1) is 8.81. The van der Waals surface area contributed by atoms with E-state index in [4.69, 9.17) is 14.6 Å². The average Bonchev–Trinajstić information content (AvgIpc) is 2.55. The van der Waals surface area contributed by atoms with Crippen molar-refractivity contribution in [1.29, 1.82) is 0 Å². The number of aliphatic hydroxyl groups excluding tert-OH is 1. The monoisotopic (exact) mass is 190 g/mol. The second kappa shape index (κ2) is 3.54. The second-order valence-electron chi connectivity index (χ2n) is 3.21. The van der Waals surface area contributed by atoms with Crippen molar-refractivity contribution in [3.63, 3.8) is 0 Å². The quantitative estimate of drug-likeness (QED) is 0.652. The Labute approximate surface area is 76.4 Å². The van der Waals surface area contributed by atoms with E-state index < -0.39 is 5.79 Å². The number of aliphatic hydroxyl groups is 1. The van der Waals surface area contributed by atoms with E-state index in [2.05, 4.69) is 0 Å². The molecule has 2 rings (SSSR count). The lowest BCUT2D eigenvalue weighted by Gasteiger charge is -2.37. The molecule has 2 aliphatic rings. The molecule has 2 aliphatic heterocycles. The van der Waals surface area contributed by atoms with Crippen LogP contribution in [0.5, 0.6) is 0 Å². The first-order chi connectivity index (χ1) is 5.87. The summed E-state index contributed by atoms with van der Waals surface area (Å²) in [5.74, 6) is 1.77. The molecule has 70 valence electrons. The highest BCUT2D eigenvalue weighted by Crippen LogP contribution is 2.38. The fourth-order valence-electron chi connectivity index (χ4n) is 1.81. The van der Waals surface area contributed by atoms with Gasteiger partial charge in [-0.25, -0.2) is 0 Å². The Bertz CT molecular complexity index is 156. The smallest absolute Gasteiger partial charge is 0.175 e. The van der Waals surface area contributed by atoms with Gasteiger partial charge in [0.15, 0.2) is 5.79 Å². The SMILES string of the molecule is OCC1CSCCC12OCCO2. The summed E-state index contributed by atoms with van der Waals surface area (Å²) in [6.07, 6.45) is 0.920. The third-order valence-electron chi connectivity index (χ3n) is 2.53. The Kier molecular flexibility index (Phi) is 2.60. The van der Waals surface area contributed by atoms with E-state index in [-0.39, 0.29) is 12.5 Å². The van der Waals surface area contributed by atoms with E-state index in [0.29, 0.717) is 13.2 Å². The summed E-state index contributed by atoms with van der Waals surface area (Å²) in [5.41, 5.74) is 0. The van der Waals surface area contributed by atoms with Crippen molar-refractivity contribution < 1.29 is 14.6 Å². The molecule has 2 saturated heterocycles. The third-order valence-corrected chi connectivity index (χ3v) is 3.66. The van der Waals surface area contributed by atoms with Crippen molar-refractivity contribution in [2.45, 2.75) is 12.2 Å². The van der Waals surface area contributed by atoms with Gasteiger partial charge in [0.1, 0.15) is 0 Å². The van der Waals surface area contributed by atoms with E-state index in [0.717, 1.165) is 17.9 Å². The Morgan fingerprint density at radius 3 is 2.83 bits per heavy atom. The highest BCUT2D eigenvalue weighted by atomic mass is 32.2. The maximum absolute atomic E-state index is 9.14. The van der Waals surface area contributed by atoms with Gasteiger partial charge < -0.3 is 14.6 Å². The molecule has 0 aromatic carbocycles. The minimum atomic E-state index is -0.431. The molecule has 4 heteroatoms. The number of hydrogen-bond acceptors (Lipinski definition) is 4. The van der Waals surface area contributed by atoms with Crippen LogP contribution in [0.3, 0.4) is 0 Å². The molecule has 2 fully saturated rings. The summed E-state index contributed by atoms with van der Waals surface area (Å²) in [7, 11) is 0. The largest absolute Gasteiger partial charge is 0.396 e. The lowest BCUT2D eigenvalue weighted by Crippen LogP contribution is -2.45. The van der Waals surface area contributed by atoms with Gasteiger partial charge in [-0.1, -0.05) is 0 Å². The fourth-order valence-corrected chi connectivity index (χ4v) is 3.05. The summed E-state index contributed by atoms with van der Waals surface area (Å²) in [5, 5.41) is 9.14. The summed E-state index contributed by atoms with van der Waals surface area (Å²) >= 11 is 1.87. The zero-order valence-corrected chi connectivity index (χ0v) is 7.81. The van der Waals surface area contributed by atoms with E-state index in [9.17, 15) is 0 Å². The molecule has 2 heterocycles.